The summed E-state index contributed by atoms with van der Waals surface area (Å²) >= 11 is 18.0. The molecule has 0 aromatic heterocycles. The highest BCUT2D eigenvalue weighted by Gasteiger charge is 2.18. The zero-order valence-corrected chi connectivity index (χ0v) is 18.9. The maximum atomic E-state index is 12.8. The van der Waals surface area contributed by atoms with E-state index in [9.17, 15) is 9.90 Å². The SMILES string of the molecule is Cc1ccc(C(C)C)cc1Oc1ccc(Cl)cc1NC(=O)c1cc(Cl)cc(Cl)c1O. The molecule has 0 saturated carbocycles. The van der Waals surface area contributed by atoms with Gasteiger partial charge in [-0.3, -0.25) is 4.79 Å². The molecular weight excluding hydrogens is 445 g/mol. The highest BCUT2D eigenvalue weighted by atomic mass is 35.5. The van der Waals surface area contributed by atoms with Gasteiger partial charge in [-0.25, -0.2) is 0 Å². The van der Waals surface area contributed by atoms with Gasteiger partial charge < -0.3 is 15.2 Å². The molecule has 0 aliphatic heterocycles. The van der Waals surface area contributed by atoms with E-state index in [2.05, 4.69) is 25.2 Å². The minimum absolute atomic E-state index is 0.0173. The average Bonchev–Trinajstić information content (AvgIpc) is 2.68. The Morgan fingerprint density at radius 2 is 1.70 bits per heavy atom. The van der Waals surface area contributed by atoms with Crippen molar-refractivity contribution < 1.29 is 14.6 Å². The molecule has 0 aliphatic carbocycles. The normalized spacial score (nSPS) is 10.9. The minimum Gasteiger partial charge on any atom is -0.506 e. The predicted molar refractivity (Wildman–Crippen MR) is 123 cm³/mol. The number of benzene rings is 3. The van der Waals surface area contributed by atoms with Crippen LogP contribution < -0.4 is 10.1 Å². The third-order valence-electron chi connectivity index (χ3n) is 4.56. The Labute approximate surface area is 190 Å². The van der Waals surface area contributed by atoms with Gasteiger partial charge in [0.05, 0.1) is 16.3 Å². The predicted octanol–water partition coefficient (Wildman–Crippen LogP) is 7.83. The zero-order chi connectivity index (χ0) is 22.0. The summed E-state index contributed by atoms with van der Waals surface area (Å²) in [6.45, 7) is 6.15. The largest absolute Gasteiger partial charge is 0.506 e. The number of anilines is 1. The first-order valence-corrected chi connectivity index (χ1v) is 10.4. The van der Waals surface area contributed by atoms with E-state index in [1.165, 1.54) is 12.1 Å². The van der Waals surface area contributed by atoms with Crippen LogP contribution in [0.2, 0.25) is 15.1 Å². The van der Waals surface area contributed by atoms with Crippen molar-refractivity contribution in [2.45, 2.75) is 26.7 Å². The van der Waals surface area contributed by atoms with E-state index in [4.69, 9.17) is 39.5 Å². The summed E-state index contributed by atoms with van der Waals surface area (Å²) in [6, 6.07) is 13.6. The number of nitrogens with one attached hydrogen (secondary N) is 1. The third kappa shape index (κ3) is 5.01. The van der Waals surface area contributed by atoms with Gasteiger partial charge in [-0.15, -0.1) is 0 Å². The summed E-state index contributed by atoms with van der Waals surface area (Å²) in [6.07, 6.45) is 0. The van der Waals surface area contributed by atoms with Crippen LogP contribution in [0.5, 0.6) is 17.2 Å². The molecule has 0 atom stereocenters. The molecule has 3 aromatic rings. The molecule has 3 rings (SSSR count). The number of ether oxygens (including phenoxy) is 1. The molecule has 0 bridgehead atoms. The van der Waals surface area contributed by atoms with Gasteiger partial charge in [0, 0.05) is 10.0 Å². The van der Waals surface area contributed by atoms with Crippen LogP contribution in [0.25, 0.3) is 0 Å². The molecule has 3 aromatic carbocycles. The molecule has 4 nitrogen and oxygen atoms in total. The molecule has 156 valence electrons. The topological polar surface area (TPSA) is 58.6 Å². The van der Waals surface area contributed by atoms with Crippen molar-refractivity contribution in [3.05, 3.63) is 80.3 Å². The number of phenols is 1. The molecule has 0 heterocycles. The lowest BCUT2D eigenvalue weighted by molar-refractivity contribution is 0.102. The summed E-state index contributed by atoms with van der Waals surface area (Å²) in [4.78, 5) is 12.8. The number of halogens is 3. The number of aryl methyl sites for hydroxylation is 1. The van der Waals surface area contributed by atoms with E-state index in [1.807, 2.05) is 19.1 Å². The average molecular weight is 465 g/mol. The number of aromatic hydroxyl groups is 1. The maximum absolute atomic E-state index is 12.8. The van der Waals surface area contributed by atoms with Gasteiger partial charge in [0.2, 0.25) is 0 Å². The molecule has 2 N–H and O–H groups in total. The molecule has 1 amide bonds. The first-order valence-electron chi connectivity index (χ1n) is 9.23. The van der Waals surface area contributed by atoms with Crippen molar-refractivity contribution in [3.8, 4) is 17.2 Å². The van der Waals surface area contributed by atoms with Crippen LogP contribution in [0.15, 0.2) is 48.5 Å². The molecule has 0 saturated heterocycles. The van der Waals surface area contributed by atoms with Gasteiger partial charge in [0.25, 0.3) is 5.91 Å². The van der Waals surface area contributed by atoms with Crippen molar-refractivity contribution >= 4 is 46.4 Å². The Morgan fingerprint density at radius 3 is 2.40 bits per heavy atom. The third-order valence-corrected chi connectivity index (χ3v) is 5.30. The van der Waals surface area contributed by atoms with Gasteiger partial charge in [0.1, 0.15) is 11.5 Å². The van der Waals surface area contributed by atoms with Crippen molar-refractivity contribution in [2.75, 3.05) is 5.32 Å². The van der Waals surface area contributed by atoms with E-state index in [0.29, 0.717) is 28.1 Å². The summed E-state index contributed by atoms with van der Waals surface area (Å²) in [5, 5.41) is 13.5. The fourth-order valence-electron chi connectivity index (χ4n) is 2.82. The molecule has 7 heteroatoms. The van der Waals surface area contributed by atoms with E-state index < -0.39 is 5.91 Å². The lowest BCUT2D eigenvalue weighted by Gasteiger charge is -2.16. The Morgan fingerprint density at radius 1 is 0.967 bits per heavy atom. The fourth-order valence-corrected chi connectivity index (χ4v) is 3.49. The lowest BCUT2D eigenvalue weighted by Crippen LogP contribution is -2.13. The van der Waals surface area contributed by atoms with Crippen molar-refractivity contribution in [3.63, 3.8) is 0 Å². The number of carbonyl (C=O) groups excluding carboxylic acids is 1. The van der Waals surface area contributed by atoms with Crippen LogP contribution in [0.4, 0.5) is 5.69 Å². The minimum atomic E-state index is -0.600. The molecule has 30 heavy (non-hydrogen) atoms. The summed E-state index contributed by atoms with van der Waals surface area (Å²) in [7, 11) is 0. The van der Waals surface area contributed by atoms with Crippen LogP contribution in [-0.2, 0) is 0 Å². The number of amides is 1. The van der Waals surface area contributed by atoms with Crippen molar-refractivity contribution in [2.24, 2.45) is 0 Å². The standard InChI is InChI=1S/C23H20Cl3NO3/c1-12(2)14-5-4-13(3)21(8-14)30-20-7-6-15(24)11-19(20)27-23(29)17-9-16(25)10-18(26)22(17)28/h4-12,28H,1-3H3,(H,27,29). The second-order valence-electron chi connectivity index (χ2n) is 7.16. The number of carbonyl (C=O) groups is 1. The summed E-state index contributed by atoms with van der Waals surface area (Å²) in [5.41, 5.74) is 2.37. The van der Waals surface area contributed by atoms with Crippen LogP contribution in [-0.4, -0.2) is 11.0 Å². The fraction of sp³-hybridized carbons (Fsp3) is 0.174. The molecule has 0 aliphatic rings. The van der Waals surface area contributed by atoms with Crippen LogP contribution in [0, 0.1) is 6.92 Å². The van der Waals surface area contributed by atoms with Gasteiger partial charge in [-0.2, -0.15) is 0 Å². The summed E-state index contributed by atoms with van der Waals surface area (Å²) in [5.74, 6) is 0.463. The van der Waals surface area contributed by atoms with E-state index in [-0.39, 0.29) is 21.4 Å². The monoisotopic (exact) mass is 463 g/mol. The lowest BCUT2D eigenvalue weighted by atomic mass is 10.0. The first-order chi connectivity index (χ1) is 14.2. The second-order valence-corrected chi connectivity index (χ2v) is 8.44. The van der Waals surface area contributed by atoms with Gasteiger partial charge >= 0.3 is 0 Å². The van der Waals surface area contributed by atoms with Crippen LogP contribution in [0.3, 0.4) is 0 Å². The Balaban J connectivity index is 1.95. The Bertz CT molecular complexity index is 1110. The summed E-state index contributed by atoms with van der Waals surface area (Å²) < 4.78 is 6.11. The maximum Gasteiger partial charge on any atom is 0.259 e. The molecular formula is C23H20Cl3NO3. The van der Waals surface area contributed by atoms with Crippen LogP contribution in [0.1, 0.15) is 41.3 Å². The van der Waals surface area contributed by atoms with Crippen molar-refractivity contribution in [1.82, 2.24) is 0 Å². The van der Waals surface area contributed by atoms with Crippen LogP contribution >= 0.6 is 34.8 Å². The van der Waals surface area contributed by atoms with Gasteiger partial charge in [-0.05, 0) is 60.4 Å². The quantitative estimate of drug-likeness (QED) is 0.404. The van der Waals surface area contributed by atoms with E-state index in [0.717, 1.165) is 11.1 Å². The van der Waals surface area contributed by atoms with Crippen molar-refractivity contribution in [1.29, 1.82) is 0 Å². The first kappa shape index (κ1) is 22.3. The highest BCUT2D eigenvalue weighted by Crippen LogP contribution is 2.36. The number of hydrogen-bond acceptors (Lipinski definition) is 3. The van der Waals surface area contributed by atoms with Gasteiger partial charge in [0.15, 0.2) is 5.75 Å². The second kappa shape index (κ2) is 9.17. The number of rotatable bonds is 5. The Hall–Kier alpha value is -2.40. The molecule has 0 fully saturated rings. The van der Waals surface area contributed by atoms with E-state index >= 15 is 0 Å². The smallest absolute Gasteiger partial charge is 0.259 e. The Kier molecular flexibility index (Phi) is 6.81. The number of hydrogen-bond donors (Lipinski definition) is 2. The van der Waals surface area contributed by atoms with Gasteiger partial charge in [-0.1, -0.05) is 60.8 Å². The highest BCUT2D eigenvalue weighted by molar-refractivity contribution is 6.36. The molecule has 0 spiro atoms. The number of phenolic OH excluding ortho intramolecular Hbond substituents is 1. The van der Waals surface area contributed by atoms with E-state index in [1.54, 1.807) is 18.2 Å². The molecule has 0 unspecified atom stereocenters. The zero-order valence-electron chi connectivity index (χ0n) is 16.6. The molecule has 0 radical (unpaired) electrons.